The summed E-state index contributed by atoms with van der Waals surface area (Å²) in [6, 6.07) is 24.8. The van der Waals surface area contributed by atoms with Gasteiger partial charge in [0.1, 0.15) is 18.1 Å². The minimum absolute atomic E-state index is 0.0390. The summed E-state index contributed by atoms with van der Waals surface area (Å²) >= 11 is 0. The molecule has 3 rings (SSSR count). The number of amides is 7. The van der Waals surface area contributed by atoms with E-state index in [-0.39, 0.29) is 121 Å². The van der Waals surface area contributed by atoms with E-state index in [9.17, 15) is 33.6 Å². The first kappa shape index (κ1) is 66.1. The SMILES string of the molecule is CCCCCCCCCCCCCCCC(=O)NCCN(C(=O)CCCN)[C@@H](Cc1ccccc1)C(=O)NCCN(C(=O)CCCN)[C@@H](Cc1ccccc1)C(=O)NCCN(C(=O)CCCN)[C@@H](Cc1ccccc1)C(N)=O. The number of nitrogens with two attached hydrogens (primary N) is 4. The van der Waals surface area contributed by atoms with Crippen LogP contribution in [-0.4, -0.2) is 133 Å². The van der Waals surface area contributed by atoms with Gasteiger partial charge in [0.15, 0.2) is 0 Å². The molecule has 17 heteroatoms. The predicted octanol–water partition coefficient (Wildman–Crippen LogP) is 5.84. The molecule has 0 spiro atoms. The fourth-order valence-corrected chi connectivity index (χ4v) is 9.66. The number of unbranched alkanes of at least 4 members (excludes halogenated alkanes) is 12. The third kappa shape index (κ3) is 26.9. The number of hydrogen-bond donors (Lipinski definition) is 7. The smallest absolute Gasteiger partial charge is 0.243 e. The molecule has 0 saturated heterocycles. The average Bonchev–Trinajstić information content (AvgIpc) is 3.45. The van der Waals surface area contributed by atoms with Gasteiger partial charge < -0.3 is 53.6 Å². The van der Waals surface area contributed by atoms with Gasteiger partial charge in [-0.3, -0.25) is 33.6 Å². The first-order valence-electron chi connectivity index (χ1n) is 29.2. The van der Waals surface area contributed by atoms with Crippen molar-refractivity contribution in [2.45, 2.75) is 173 Å². The van der Waals surface area contributed by atoms with Gasteiger partial charge in [0.25, 0.3) is 0 Å². The van der Waals surface area contributed by atoms with Gasteiger partial charge in [-0.1, -0.05) is 175 Å². The Balaban J connectivity index is 1.78. The highest BCUT2D eigenvalue weighted by atomic mass is 16.2. The van der Waals surface area contributed by atoms with E-state index in [2.05, 4.69) is 22.9 Å². The molecular formula is C61H96N10O7. The summed E-state index contributed by atoms with van der Waals surface area (Å²) < 4.78 is 0. The van der Waals surface area contributed by atoms with Crippen molar-refractivity contribution in [1.29, 1.82) is 0 Å². The number of carbonyl (C=O) groups is 7. The number of nitrogens with one attached hydrogen (secondary N) is 3. The van der Waals surface area contributed by atoms with Crippen LogP contribution in [0.15, 0.2) is 91.0 Å². The molecule has 17 nitrogen and oxygen atoms in total. The zero-order valence-corrected chi connectivity index (χ0v) is 47.0. The Labute approximate surface area is 466 Å². The van der Waals surface area contributed by atoms with E-state index in [1.807, 2.05) is 91.0 Å². The van der Waals surface area contributed by atoms with Crippen molar-refractivity contribution in [2.75, 3.05) is 58.9 Å². The Morgan fingerprint density at radius 3 is 1.04 bits per heavy atom. The lowest BCUT2D eigenvalue weighted by Crippen LogP contribution is -2.56. The van der Waals surface area contributed by atoms with Crippen LogP contribution in [0, 0.1) is 0 Å². The second kappa shape index (κ2) is 41.0. The van der Waals surface area contributed by atoms with Crippen LogP contribution in [-0.2, 0) is 52.8 Å². The van der Waals surface area contributed by atoms with E-state index < -0.39 is 35.8 Å². The third-order valence-electron chi connectivity index (χ3n) is 14.1. The molecule has 7 amide bonds. The molecule has 0 heterocycles. The van der Waals surface area contributed by atoms with E-state index in [0.29, 0.717) is 25.7 Å². The van der Waals surface area contributed by atoms with Crippen LogP contribution < -0.4 is 38.9 Å². The molecule has 3 aromatic rings. The summed E-state index contributed by atoms with van der Waals surface area (Å²) in [6.45, 7) is 3.02. The maximum absolute atomic E-state index is 14.6. The monoisotopic (exact) mass is 1080 g/mol. The minimum atomic E-state index is -1.06. The molecule has 0 saturated carbocycles. The third-order valence-corrected chi connectivity index (χ3v) is 14.1. The van der Waals surface area contributed by atoms with E-state index in [4.69, 9.17) is 22.9 Å². The average molecular weight is 1080 g/mol. The molecule has 11 N–H and O–H groups in total. The van der Waals surface area contributed by atoms with Gasteiger partial charge in [-0.05, 0) is 62.0 Å². The number of benzene rings is 3. The highest BCUT2D eigenvalue weighted by Gasteiger charge is 2.34. The van der Waals surface area contributed by atoms with Crippen molar-refractivity contribution in [3.63, 3.8) is 0 Å². The van der Waals surface area contributed by atoms with Gasteiger partial charge in [0.05, 0.1) is 0 Å². The first-order chi connectivity index (χ1) is 37.9. The van der Waals surface area contributed by atoms with E-state index in [1.54, 1.807) is 0 Å². The van der Waals surface area contributed by atoms with Gasteiger partial charge in [0, 0.05) is 84.2 Å². The fourth-order valence-electron chi connectivity index (χ4n) is 9.66. The van der Waals surface area contributed by atoms with Crippen molar-refractivity contribution in [3.05, 3.63) is 108 Å². The van der Waals surface area contributed by atoms with Crippen LogP contribution in [0.2, 0.25) is 0 Å². The van der Waals surface area contributed by atoms with Crippen molar-refractivity contribution in [1.82, 2.24) is 30.7 Å². The quantitative estimate of drug-likeness (QED) is 0.0333. The summed E-state index contributed by atoms with van der Waals surface area (Å²) in [5, 5.41) is 8.93. The molecule has 0 aromatic heterocycles. The number of nitrogens with zero attached hydrogens (tertiary/aromatic N) is 3. The lowest BCUT2D eigenvalue weighted by atomic mass is 10.0. The van der Waals surface area contributed by atoms with Crippen LogP contribution in [0.5, 0.6) is 0 Å². The number of hydrogen-bond acceptors (Lipinski definition) is 10. The lowest BCUT2D eigenvalue weighted by Gasteiger charge is -2.34. The summed E-state index contributed by atoms with van der Waals surface area (Å²) in [7, 11) is 0. The van der Waals surface area contributed by atoms with Crippen molar-refractivity contribution < 1.29 is 33.6 Å². The van der Waals surface area contributed by atoms with Gasteiger partial charge in [-0.15, -0.1) is 0 Å². The number of carbonyl (C=O) groups excluding carboxylic acids is 7. The van der Waals surface area contributed by atoms with Crippen LogP contribution in [0.1, 0.15) is 152 Å². The molecule has 78 heavy (non-hydrogen) atoms. The van der Waals surface area contributed by atoms with E-state index in [1.165, 1.54) is 78.9 Å². The summed E-state index contributed by atoms with van der Waals surface area (Å²) in [5.41, 5.74) is 25.8. The van der Waals surface area contributed by atoms with Crippen molar-refractivity contribution in [3.8, 4) is 0 Å². The maximum Gasteiger partial charge on any atom is 0.243 e. The van der Waals surface area contributed by atoms with Gasteiger partial charge in [0.2, 0.25) is 41.4 Å². The Hall–Kier alpha value is -6.17. The zero-order valence-electron chi connectivity index (χ0n) is 47.0. The Morgan fingerprint density at radius 1 is 0.397 bits per heavy atom. The Bertz CT molecular complexity index is 2150. The molecule has 0 radical (unpaired) electrons. The highest BCUT2D eigenvalue weighted by Crippen LogP contribution is 2.17. The van der Waals surface area contributed by atoms with E-state index in [0.717, 1.165) is 36.0 Å². The second-order valence-corrected chi connectivity index (χ2v) is 20.4. The zero-order chi connectivity index (χ0) is 56.6. The van der Waals surface area contributed by atoms with Gasteiger partial charge >= 0.3 is 0 Å². The lowest BCUT2D eigenvalue weighted by molar-refractivity contribution is -0.142. The molecular weight excluding hydrogens is 985 g/mol. The normalized spacial score (nSPS) is 12.2. The molecule has 432 valence electrons. The van der Waals surface area contributed by atoms with Crippen LogP contribution in [0.25, 0.3) is 0 Å². The summed E-state index contributed by atoms with van der Waals surface area (Å²) in [4.78, 5) is 101. The number of rotatable bonds is 44. The molecule has 0 aliphatic carbocycles. The highest BCUT2D eigenvalue weighted by molar-refractivity contribution is 5.90. The largest absolute Gasteiger partial charge is 0.368 e. The fraction of sp³-hybridized carbons (Fsp3) is 0.590. The Morgan fingerprint density at radius 2 is 0.705 bits per heavy atom. The predicted molar refractivity (Wildman–Crippen MR) is 310 cm³/mol. The summed E-state index contributed by atoms with van der Waals surface area (Å²) in [6.07, 6.45) is 18.0. The number of primary amides is 1. The molecule has 3 atom stereocenters. The second-order valence-electron chi connectivity index (χ2n) is 20.4. The topological polar surface area (TPSA) is 269 Å². The molecule has 0 unspecified atom stereocenters. The van der Waals surface area contributed by atoms with Gasteiger partial charge in [-0.25, -0.2) is 0 Å². The molecule has 3 aromatic carbocycles. The van der Waals surface area contributed by atoms with Crippen molar-refractivity contribution in [2.24, 2.45) is 22.9 Å². The molecule has 0 aliphatic heterocycles. The molecule has 0 fully saturated rings. The standard InChI is InChI=1S/C61H96N10O7/c1-2-3-4-5-6-7-8-9-10-11-12-13-23-33-55(72)66-40-43-70(57(74)35-25-38-63)53(47-50-29-19-15-20-30-50)60(77)68-42-45-71(58(75)36-26-39-64)54(48-51-31-21-16-22-32-51)61(78)67-41-44-69(56(73)34-24-37-62)52(59(65)76)46-49-27-17-14-18-28-49/h14-22,27-32,52-54H,2-13,23-26,33-48,62-64H2,1H3,(H2,65,76)(H,66,72)(H,67,78)(H,68,77)/t52-,53-,54-/m0/s1. The van der Waals surface area contributed by atoms with Crippen LogP contribution in [0.3, 0.4) is 0 Å². The minimum Gasteiger partial charge on any atom is -0.368 e. The van der Waals surface area contributed by atoms with E-state index >= 15 is 0 Å². The Kier molecular flexibility index (Phi) is 34.7. The van der Waals surface area contributed by atoms with Gasteiger partial charge in [-0.2, -0.15) is 0 Å². The molecule has 0 aliphatic rings. The summed E-state index contributed by atoms with van der Waals surface area (Å²) in [5.74, 6) is -2.72. The molecule has 0 bridgehead atoms. The van der Waals surface area contributed by atoms with Crippen LogP contribution in [0.4, 0.5) is 0 Å². The van der Waals surface area contributed by atoms with Crippen LogP contribution >= 0.6 is 0 Å². The van der Waals surface area contributed by atoms with Crippen molar-refractivity contribution >= 4 is 41.4 Å². The maximum atomic E-state index is 14.6. The first-order valence-corrected chi connectivity index (χ1v) is 29.2.